The number of carbonyl (C=O) groups is 3. The van der Waals surface area contributed by atoms with Crippen molar-refractivity contribution in [2.45, 2.75) is 77.4 Å². The summed E-state index contributed by atoms with van der Waals surface area (Å²) < 4.78 is 5.96. The first kappa shape index (κ1) is 24.2. The van der Waals surface area contributed by atoms with Crippen molar-refractivity contribution in [1.29, 1.82) is 0 Å². The van der Waals surface area contributed by atoms with Crippen LogP contribution in [0.5, 0.6) is 0 Å². The number of fused-ring (bicyclic) bond motifs is 5. The summed E-state index contributed by atoms with van der Waals surface area (Å²) in [6, 6.07) is -1.65. The molecular weight excluding hydrogens is 446 g/mol. The summed E-state index contributed by atoms with van der Waals surface area (Å²) in [6.45, 7) is 3.78. The molecule has 3 saturated carbocycles. The standard InChI is InChI=1S/C24H34ClN3O5/c1-14(26-23(31)28(27-32)12-11-25)22(30)33-21-8-7-20-19-5-3-15-13-16(29)4-6-17(15)18(19)9-10-24(20,21)2/h13-14,17-21H,3-12H2,1-2H3,(H,26,31)/t14-,17+,18-,19-,20+,21+,24+/m1/s1. The highest BCUT2D eigenvalue weighted by Crippen LogP contribution is 2.62. The van der Waals surface area contributed by atoms with E-state index in [0.717, 1.165) is 44.9 Å². The minimum Gasteiger partial charge on any atom is -0.460 e. The molecule has 33 heavy (non-hydrogen) atoms. The number of amides is 2. The van der Waals surface area contributed by atoms with Gasteiger partial charge in [-0.25, -0.2) is 9.59 Å². The number of hydrogen-bond donors (Lipinski definition) is 1. The SMILES string of the molecule is C[C@@H](NC(=O)N(CCCl)N=O)C(=O)O[C@H]1CC[C@H]2[C@@H]3CCC4=CC(=O)CC[C@@H]4[C@H]3CC[C@]12C. The number of rotatable bonds is 6. The van der Waals surface area contributed by atoms with Crippen molar-refractivity contribution in [2.75, 3.05) is 12.4 Å². The molecule has 1 N–H and O–H groups in total. The Balaban J connectivity index is 1.38. The molecule has 0 aliphatic heterocycles. The molecule has 8 nitrogen and oxygen atoms in total. The van der Waals surface area contributed by atoms with Gasteiger partial charge >= 0.3 is 12.0 Å². The lowest BCUT2D eigenvalue weighted by Crippen LogP contribution is -2.50. The van der Waals surface area contributed by atoms with Gasteiger partial charge in [0.2, 0.25) is 0 Å². The van der Waals surface area contributed by atoms with E-state index in [4.69, 9.17) is 16.3 Å². The maximum absolute atomic E-state index is 12.8. The number of nitrogens with zero attached hydrogens (tertiary/aromatic N) is 2. The van der Waals surface area contributed by atoms with Gasteiger partial charge in [0.1, 0.15) is 12.1 Å². The zero-order valence-electron chi connectivity index (χ0n) is 19.4. The lowest BCUT2D eigenvalue weighted by molar-refractivity contribution is -0.160. The first-order chi connectivity index (χ1) is 15.8. The normalized spacial score (nSPS) is 35.9. The molecule has 0 saturated heterocycles. The summed E-state index contributed by atoms with van der Waals surface area (Å²) in [6.07, 6.45) is 9.51. The topological polar surface area (TPSA) is 105 Å². The van der Waals surface area contributed by atoms with Crippen molar-refractivity contribution in [3.05, 3.63) is 16.6 Å². The minimum atomic E-state index is -0.891. The molecule has 4 rings (SSSR count). The Morgan fingerprint density at radius 2 is 2.03 bits per heavy atom. The van der Waals surface area contributed by atoms with Gasteiger partial charge in [0, 0.05) is 17.7 Å². The van der Waals surface area contributed by atoms with Crippen LogP contribution in [0.25, 0.3) is 0 Å². The van der Waals surface area contributed by atoms with E-state index in [1.807, 2.05) is 6.08 Å². The van der Waals surface area contributed by atoms with Gasteiger partial charge in [-0.3, -0.25) is 4.79 Å². The van der Waals surface area contributed by atoms with Gasteiger partial charge in [-0.2, -0.15) is 5.01 Å². The second kappa shape index (κ2) is 9.72. The Hall–Kier alpha value is -1.96. The van der Waals surface area contributed by atoms with E-state index in [-0.39, 0.29) is 29.7 Å². The van der Waals surface area contributed by atoms with Gasteiger partial charge in [0.25, 0.3) is 0 Å². The Morgan fingerprint density at radius 1 is 1.24 bits per heavy atom. The fraction of sp³-hybridized carbons (Fsp3) is 0.792. The number of ketones is 1. The van der Waals surface area contributed by atoms with Crippen molar-refractivity contribution < 1.29 is 19.1 Å². The maximum atomic E-state index is 12.8. The number of carbonyl (C=O) groups excluding carboxylic acids is 3. The molecule has 0 aromatic heterocycles. The lowest BCUT2D eigenvalue weighted by atomic mass is 9.52. The number of esters is 1. The van der Waals surface area contributed by atoms with Crippen LogP contribution in [0.1, 0.15) is 65.2 Å². The largest absolute Gasteiger partial charge is 0.460 e. The van der Waals surface area contributed by atoms with Crippen molar-refractivity contribution in [3.63, 3.8) is 0 Å². The average molecular weight is 480 g/mol. The van der Waals surface area contributed by atoms with Crippen LogP contribution in [0.3, 0.4) is 0 Å². The Kier molecular flexibility index (Phi) is 7.12. The molecule has 0 aromatic carbocycles. The molecule has 0 heterocycles. The molecule has 0 spiro atoms. The number of nitrogens with one attached hydrogen (secondary N) is 1. The molecular formula is C24H34ClN3O5. The fourth-order valence-electron chi connectivity index (χ4n) is 7.15. The van der Waals surface area contributed by atoms with Crippen molar-refractivity contribution >= 4 is 29.4 Å². The molecule has 4 aliphatic carbocycles. The first-order valence-corrected chi connectivity index (χ1v) is 12.7. The number of halogens is 1. The summed E-state index contributed by atoms with van der Waals surface area (Å²) in [5.41, 5.74) is 1.30. The van der Waals surface area contributed by atoms with Gasteiger partial charge in [-0.05, 0) is 81.6 Å². The van der Waals surface area contributed by atoms with Gasteiger partial charge in [-0.1, -0.05) is 12.5 Å². The van der Waals surface area contributed by atoms with E-state index in [9.17, 15) is 19.3 Å². The minimum absolute atomic E-state index is 0.0321. The van der Waals surface area contributed by atoms with Crippen LogP contribution in [-0.2, 0) is 14.3 Å². The van der Waals surface area contributed by atoms with Gasteiger partial charge < -0.3 is 10.1 Å². The predicted molar refractivity (Wildman–Crippen MR) is 123 cm³/mol. The smallest absolute Gasteiger partial charge is 0.341 e. The van der Waals surface area contributed by atoms with Crippen molar-refractivity contribution in [3.8, 4) is 0 Å². The fourth-order valence-corrected chi connectivity index (χ4v) is 7.31. The highest BCUT2D eigenvalue weighted by atomic mass is 35.5. The highest BCUT2D eigenvalue weighted by molar-refractivity contribution is 6.18. The molecule has 9 heteroatoms. The Morgan fingerprint density at radius 3 is 2.76 bits per heavy atom. The summed E-state index contributed by atoms with van der Waals surface area (Å²) >= 11 is 5.57. The van der Waals surface area contributed by atoms with E-state index in [1.54, 1.807) is 6.92 Å². The van der Waals surface area contributed by atoms with Crippen LogP contribution in [0.2, 0.25) is 0 Å². The van der Waals surface area contributed by atoms with Crippen LogP contribution in [0, 0.1) is 34.0 Å². The van der Waals surface area contributed by atoms with Crippen LogP contribution < -0.4 is 5.32 Å². The Labute approximate surface area is 199 Å². The third-order valence-electron chi connectivity index (χ3n) is 8.79. The van der Waals surface area contributed by atoms with Crippen molar-refractivity contribution in [1.82, 2.24) is 10.3 Å². The molecule has 182 valence electrons. The van der Waals surface area contributed by atoms with Crippen LogP contribution in [0.4, 0.5) is 4.79 Å². The quantitative estimate of drug-likeness (QED) is 0.264. The number of alkyl halides is 1. The molecule has 4 aliphatic rings. The zero-order valence-corrected chi connectivity index (χ0v) is 20.2. The van der Waals surface area contributed by atoms with Crippen LogP contribution >= 0.6 is 11.6 Å². The molecule has 2 amide bonds. The summed E-state index contributed by atoms with van der Waals surface area (Å²) in [7, 11) is 0. The summed E-state index contributed by atoms with van der Waals surface area (Å²) in [4.78, 5) is 47.6. The first-order valence-electron chi connectivity index (χ1n) is 12.2. The molecule has 7 atom stereocenters. The highest BCUT2D eigenvalue weighted by Gasteiger charge is 2.57. The van der Waals surface area contributed by atoms with E-state index in [1.165, 1.54) is 5.57 Å². The summed E-state index contributed by atoms with van der Waals surface area (Å²) in [5.74, 6) is 2.16. The molecule has 0 aromatic rings. The third-order valence-corrected chi connectivity index (χ3v) is 8.96. The summed E-state index contributed by atoms with van der Waals surface area (Å²) in [5, 5.41) is 5.78. The molecule has 0 radical (unpaired) electrons. The monoisotopic (exact) mass is 479 g/mol. The van der Waals surface area contributed by atoms with Crippen LogP contribution in [-0.4, -0.2) is 47.4 Å². The van der Waals surface area contributed by atoms with E-state index < -0.39 is 18.0 Å². The van der Waals surface area contributed by atoms with E-state index >= 15 is 0 Å². The second-order valence-electron chi connectivity index (χ2n) is 10.4. The van der Waals surface area contributed by atoms with E-state index in [0.29, 0.717) is 35.1 Å². The Bertz CT molecular complexity index is 848. The number of hydrogen-bond acceptors (Lipinski definition) is 6. The van der Waals surface area contributed by atoms with Crippen molar-refractivity contribution in [2.24, 2.45) is 34.4 Å². The number of ether oxygens (including phenoxy) is 1. The van der Waals surface area contributed by atoms with Crippen LogP contribution in [0.15, 0.2) is 16.9 Å². The maximum Gasteiger partial charge on any atom is 0.341 e. The lowest BCUT2D eigenvalue weighted by Gasteiger charge is -2.53. The van der Waals surface area contributed by atoms with Gasteiger partial charge in [0.15, 0.2) is 5.78 Å². The second-order valence-corrected chi connectivity index (χ2v) is 10.8. The number of allylic oxidation sites excluding steroid dienone is 1. The van der Waals surface area contributed by atoms with Gasteiger partial charge in [0.05, 0.1) is 11.8 Å². The average Bonchev–Trinajstić information content (AvgIpc) is 3.12. The zero-order chi connectivity index (χ0) is 23.8. The third kappa shape index (κ3) is 4.55. The molecule has 0 unspecified atom stereocenters. The molecule has 3 fully saturated rings. The molecule has 0 bridgehead atoms. The predicted octanol–water partition coefficient (Wildman–Crippen LogP) is 4.36. The van der Waals surface area contributed by atoms with Gasteiger partial charge in [-0.15, -0.1) is 16.5 Å². The number of nitroso groups, excluding NO2 is 1. The van der Waals surface area contributed by atoms with E-state index in [2.05, 4.69) is 17.5 Å². The number of urea groups is 1.